The second-order valence-electron chi connectivity index (χ2n) is 6.45. The highest BCUT2D eigenvalue weighted by molar-refractivity contribution is 5.97. The maximum Gasteiger partial charge on any atom is 0.133 e. The number of likely N-dealkylation sites (N-methyl/N-ethyl adjacent to an activating group) is 1. The first-order valence-corrected chi connectivity index (χ1v) is 9.54. The van der Waals surface area contributed by atoms with E-state index in [0.717, 1.165) is 35.5 Å². The highest BCUT2D eigenvalue weighted by atomic mass is 16.5. The molecule has 0 aliphatic rings. The van der Waals surface area contributed by atoms with Crippen molar-refractivity contribution in [3.63, 3.8) is 0 Å². The molecule has 0 saturated heterocycles. The van der Waals surface area contributed by atoms with E-state index >= 15 is 0 Å². The van der Waals surface area contributed by atoms with Gasteiger partial charge in [-0.15, -0.1) is 0 Å². The quantitative estimate of drug-likeness (QED) is 0.441. The van der Waals surface area contributed by atoms with E-state index in [4.69, 9.17) is 4.74 Å². The van der Waals surface area contributed by atoms with Crippen molar-refractivity contribution in [2.75, 3.05) is 20.2 Å². The Hall–Kier alpha value is -3.11. The van der Waals surface area contributed by atoms with Crippen molar-refractivity contribution in [3.8, 4) is 11.5 Å². The Bertz CT molecular complexity index is 902. The molecule has 0 spiro atoms. The summed E-state index contributed by atoms with van der Waals surface area (Å²) in [6.07, 6.45) is 2.35. The second kappa shape index (κ2) is 9.72. The third-order valence-electron chi connectivity index (χ3n) is 4.55. The Labute approximate surface area is 166 Å². The van der Waals surface area contributed by atoms with E-state index in [9.17, 15) is 5.11 Å². The van der Waals surface area contributed by atoms with Crippen LogP contribution < -0.4 is 10.1 Å². The number of ether oxygens (including phenoxy) is 1. The summed E-state index contributed by atoms with van der Waals surface area (Å²) in [5, 5.41) is 12.7. The van der Waals surface area contributed by atoms with Gasteiger partial charge in [-0.1, -0.05) is 49.4 Å². The van der Waals surface area contributed by atoms with E-state index in [1.807, 2.05) is 43.4 Å². The Kier molecular flexibility index (Phi) is 6.82. The smallest absolute Gasteiger partial charge is 0.133 e. The second-order valence-corrected chi connectivity index (χ2v) is 6.45. The van der Waals surface area contributed by atoms with Crippen LogP contribution in [0.25, 0.3) is 11.1 Å². The average Bonchev–Trinajstić information content (AvgIpc) is 2.74. The number of hydrogen-bond donors (Lipinski definition) is 2. The Balaban J connectivity index is 2.06. The van der Waals surface area contributed by atoms with Gasteiger partial charge in [0.1, 0.15) is 18.1 Å². The van der Waals surface area contributed by atoms with E-state index in [0.29, 0.717) is 6.61 Å². The number of nitrogens with zero attached hydrogens (tertiary/aromatic N) is 1. The van der Waals surface area contributed by atoms with Crippen molar-refractivity contribution in [1.82, 2.24) is 10.3 Å². The largest absolute Gasteiger partial charge is 0.506 e. The normalized spacial score (nSPS) is 11.8. The number of aromatic hydroxyl groups is 1. The van der Waals surface area contributed by atoms with Crippen LogP contribution in [-0.4, -0.2) is 30.3 Å². The van der Waals surface area contributed by atoms with Gasteiger partial charge in [0.25, 0.3) is 0 Å². The minimum Gasteiger partial charge on any atom is -0.506 e. The molecule has 0 aliphatic carbocycles. The molecule has 0 fully saturated rings. The highest BCUT2D eigenvalue weighted by Gasteiger charge is 2.14. The lowest BCUT2D eigenvalue weighted by molar-refractivity contribution is 0.318. The molecule has 0 aliphatic heterocycles. The molecule has 0 bridgehead atoms. The topological polar surface area (TPSA) is 54.4 Å². The van der Waals surface area contributed by atoms with Crippen LogP contribution in [0.5, 0.6) is 11.5 Å². The summed E-state index contributed by atoms with van der Waals surface area (Å²) in [6.45, 7) is 3.58. The highest BCUT2D eigenvalue weighted by Crippen LogP contribution is 2.34. The Morgan fingerprint density at radius 3 is 2.32 bits per heavy atom. The van der Waals surface area contributed by atoms with Crippen LogP contribution in [-0.2, 0) is 0 Å². The summed E-state index contributed by atoms with van der Waals surface area (Å²) in [6, 6.07) is 22.0. The SMILES string of the molecule is CCC(=C(c1ccc(OCCNC)cc1)c1ccc(O)cn1)c1ccccc1. The number of hydrogen-bond acceptors (Lipinski definition) is 4. The number of aromatic nitrogens is 1. The van der Waals surface area contributed by atoms with Gasteiger partial charge in [0.2, 0.25) is 0 Å². The van der Waals surface area contributed by atoms with E-state index in [1.165, 1.54) is 17.3 Å². The molecule has 4 heteroatoms. The minimum atomic E-state index is 0.161. The molecule has 28 heavy (non-hydrogen) atoms. The Morgan fingerprint density at radius 2 is 1.71 bits per heavy atom. The van der Waals surface area contributed by atoms with Gasteiger partial charge < -0.3 is 15.2 Å². The summed E-state index contributed by atoms with van der Waals surface area (Å²) in [5.41, 5.74) is 5.35. The fraction of sp³-hybridized carbons (Fsp3) is 0.208. The van der Waals surface area contributed by atoms with Crippen molar-refractivity contribution in [2.45, 2.75) is 13.3 Å². The predicted molar refractivity (Wildman–Crippen MR) is 114 cm³/mol. The maximum absolute atomic E-state index is 9.66. The van der Waals surface area contributed by atoms with Gasteiger partial charge in [-0.25, -0.2) is 0 Å². The van der Waals surface area contributed by atoms with Gasteiger partial charge in [0, 0.05) is 12.1 Å². The van der Waals surface area contributed by atoms with Crippen LogP contribution in [0, 0.1) is 0 Å². The van der Waals surface area contributed by atoms with Crippen molar-refractivity contribution < 1.29 is 9.84 Å². The lowest BCUT2D eigenvalue weighted by Crippen LogP contribution is -2.15. The number of pyridine rings is 1. The zero-order chi connectivity index (χ0) is 19.8. The van der Waals surface area contributed by atoms with E-state index in [2.05, 4.69) is 41.5 Å². The van der Waals surface area contributed by atoms with Crippen LogP contribution in [0.2, 0.25) is 0 Å². The summed E-state index contributed by atoms with van der Waals surface area (Å²) in [5.74, 6) is 1.00. The van der Waals surface area contributed by atoms with Crippen molar-refractivity contribution >= 4 is 11.1 Å². The van der Waals surface area contributed by atoms with Crippen LogP contribution in [0.15, 0.2) is 72.9 Å². The summed E-state index contributed by atoms with van der Waals surface area (Å²) in [4.78, 5) is 4.49. The molecule has 0 amide bonds. The monoisotopic (exact) mass is 374 g/mol. The standard InChI is InChI=1S/C24H26N2O2/c1-3-22(18-7-5-4-6-8-18)24(23-14-11-20(27)17-26-23)19-9-12-21(13-10-19)28-16-15-25-2/h4-14,17,25,27H,3,15-16H2,1-2H3. The number of benzene rings is 2. The van der Waals surface area contributed by atoms with Crippen LogP contribution in [0.3, 0.4) is 0 Å². The van der Waals surface area contributed by atoms with Gasteiger partial charge >= 0.3 is 0 Å². The van der Waals surface area contributed by atoms with Gasteiger partial charge in [-0.2, -0.15) is 0 Å². The van der Waals surface area contributed by atoms with Gasteiger partial charge in [0.15, 0.2) is 0 Å². The molecule has 1 heterocycles. The first-order valence-electron chi connectivity index (χ1n) is 9.54. The lowest BCUT2D eigenvalue weighted by Gasteiger charge is -2.16. The molecule has 3 rings (SSSR count). The van der Waals surface area contributed by atoms with Gasteiger partial charge in [-0.3, -0.25) is 4.98 Å². The third kappa shape index (κ3) is 4.78. The number of nitrogens with one attached hydrogen (secondary N) is 1. The molecule has 0 radical (unpaired) electrons. The van der Waals surface area contributed by atoms with Crippen molar-refractivity contribution in [2.24, 2.45) is 0 Å². The first kappa shape index (κ1) is 19.6. The molecule has 144 valence electrons. The molecule has 0 saturated carbocycles. The molecule has 4 nitrogen and oxygen atoms in total. The number of allylic oxidation sites excluding steroid dienone is 1. The maximum atomic E-state index is 9.66. The molecule has 2 aromatic carbocycles. The van der Waals surface area contributed by atoms with Crippen LogP contribution in [0.4, 0.5) is 0 Å². The first-order chi connectivity index (χ1) is 13.7. The number of rotatable bonds is 8. The summed E-state index contributed by atoms with van der Waals surface area (Å²) >= 11 is 0. The fourth-order valence-electron chi connectivity index (χ4n) is 3.16. The molecule has 0 atom stereocenters. The molecule has 3 aromatic rings. The molecule has 0 unspecified atom stereocenters. The third-order valence-corrected chi connectivity index (χ3v) is 4.55. The van der Waals surface area contributed by atoms with E-state index in [1.54, 1.807) is 6.07 Å². The summed E-state index contributed by atoms with van der Waals surface area (Å²) < 4.78 is 5.75. The summed E-state index contributed by atoms with van der Waals surface area (Å²) in [7, 11) is 1.91. The molecular weight excluding hydrogens is 348 g/mol. The molecular formula is C24H26N2O2. The Morgan fingerprint density at radius 1 is 0.964 bits per heavy atom. The molecule has 1 aromatic heterocycles. The van der Waals surface area contributed by atoms with Gasteiger partial charge in [0.05, 0.1) is 11.9 Å². The van der Waals surface area contributed by atoms with Crippen molar-refractivity contribution in [3.05, 3.63) is 89.7 Å². The van der Waals surface area contributed by atoms with Gasteiger partial charge in [-0.05, 0) is 54.4 Å². The average molecular weight is 374 g/mol. The molecule has 2 N–H and O–H groups in total. The van der Waals surface area contributed by atoms with Crippen LogP contribution >= 0.6 is 0 Å². The van der Waals surface area contributed by atoms with E-state index in [-0.39, 0.29) is 5.75 Å². The minimum absolute atomic E-state index is 0.161. The van der Waals surface area contributed by atoms with E-state index < -0.39 is 0 Å². The van der Waals surface area contributed by atoms with Crippen molar-refractivity contribution in [1.29, 1.82) is 0 Å². The fourth-order valence-corrected chi connectivity index (χ4v) is 3.16. The van der Waals surface area contributed by atoms with Crippen LogP contribution in [0.1, 0.15) is 30.2 Å². The zero-order valence-corrected chi connectivity index (χ0v) is 16.4. The lowest BCUT2D eigenvalue weighted by atomic mass is 9.90. The predicted octanol–water partition coefficient (Wildman–Crippen LogP) is 4.75. The zero-order valence-electron chi connectivity index (χ0n) is 16.4.